The van der Waals surface area contributed by atoms with Gasteiger partial charge in [0.25, 0.3) is 0 Å². The SMILES string of the molecule is O=C1CC2CCCN(C(=O)O)C2C1. The van der Waals surface area contributed by atoms with E-state index < -0.39 is 6.09 Å². The monoisotopic (exact) mass is 183 g/mol. The summed E-state index contributed by atoms with van der Waals surface area (Å²) in [4.78, 5) is 23.4. The number of carboxylic acid groups (broad SMARTS) is 1. The molecule has 0 aromatic heterocycles. The van der Waals surface area contributed by atoms with Crippen LogP contribution in [0.2, 0.25) is 0 Å². The first-order chi connectivity index (χ1) is 6.18. The van der Waals surface area contributed by atoms with E-state index in [9.17, 15) is 9.59 Å². The van der Waals surface area contributed by atoms with Gasteiger partial charge >= 0.3 is 6.09 Å². The van der Waals surface area contributed by atoms with Crippen LogP contribution in [-0.4, -0.2) is 34.5 Å². The van der Waals surface area contributed by atoms with Gasteiger partial charge in [0.15, 0.2) is 0 Å². The molecule has 1 saturated heterocycles. The Morgan fingerprint density at radius 3 is 2.92 bits per heavy atom. The lowest BCUT2D eigenvalue weighted by Crippen LogP contribution is -2.45. The first kappa shape index (κ1) is 8.53. The number of fused-ring (bicyclic) bond motifs is 1. The summed E-state index contributed by atoms with van der Waals surface area (Å²) in [5.74, 6) is 0.528. The van der Waals surface area contributed by atoms with Gasteiger partial charge < -0.3 is 10.0 Å². The van der Waals surface area contributed by atoms with Crippen molar-refractivity contribution in [1.82, 2.24) is 4.90 Å². The number of likely N-dealkylation sites (tertiary alicyclic amines) is 1. The van der Waals surface area contributed by atoms with Crippen LogP contribution >= 0.6 is 0 Å². The second kappa shape index (κ2) is 3.01. The number of piperidine rings is 1. The number of ketones is 1. The lowest BCUT2D eigenvalue weighted by molar-refractivity contribution is -0.117. The quantitative estimate of drug-likeness (QED) is 0.612. The van der Waals surface area contributed by atoms with E-state index in [2.05, 4.69) is 0 Å². The molecule has 0 bridgehead atoms. The van der Waals surface area contributed by atoms with E-state index in [1.54, 1.807) is 0 Å². The third-order valence-corrected chi connectivity index (χ3v) is 3.09. The molecule has 0 radical (unpaired) electrons. The zero-order valence-corrected chi connectivity index (χ0v) is 7.40. The second-order valence-corrected chi connectivity index (χ2v) is 3.89. The molecule has 1 saturated carbocycles. The van der Waals surface area contributed by atoms with E-state index in [1.807, 2.05) is 0 Å². The molecule has 72 valence electrons. The lowest BCUT2D eigenvalue weighted by atomic mass is 9.92. The second-order valence-electron chi connectivity index (χ2n) is 3.89. The molecule has 1 aliphatic carbocycles. The number of nitrogens with zero attached hydrogens (tertiary/aromatic N) is 1. The summed E-state index contributed by atoms with van der Waals surface area (Å²) in [7, 11) is 0. The molecule has 1 aliphatic heterocycles. The number of hydrogen-bond donors (Lipinski definition) is 1. The average Bonchev–Trinajstić information content (AvgIpc) is 2.43. The van der Waals surface area contributed by atoms with Crippen molar-refractivity contribution in [2.75, 3.05) is 6.54 Å². The fourth-order valence-electron chi connectivity index (χ4n) is 2.50. The van der Waals surface area contributed by atoms with Gasteiger partial charge in [0.2, 0.25) is 0 Å². The van der Waals surface area contributed by atoms with Crippen molar-refractivity contribution in [2.45, 2.75) is 31.7 Å². The van der Waals surface area contributed by atoms with Crippen molar-refractivity contribution in [3.8, 4) is 0 Å². The molecule has 13 heavy (non-hydrogen) atoms. The number of amides is 1. The summed E-state index contributed by atoms with van der Waals surface area (Å²) in [6, 6.07) is -0.0150. The Hall–Kier alpha value is -1.06. The minimum atomic E-state index is -0.871. The van der Waals surface area contributed by atoms with E-state index in [0.717, 1.165) is 12.8 Å². The molecule has 1 amide bonds. The Bertz CT molecular complexity index is 251. The van der Waals surface area contributed by atoms with Gasteiger partial charge in [-0.3, -0.25) is 4.79 Å². The van der Waals surface area contributed by atoms with Crippen molar-refractivity contribution in [3.63, 3.8) is 0 Å². The molecule has 0 aromatic rings. The molecular formula is C9H13NO3. The predicted molar refractivity (Wildman–Crippen MR) is 45.5 cm³/mol. The summed E-state index contributed by atoms with van der Waals surface area (Å²) < 4.78 is 0. The molecule has 4 nitrogen and oxygen atoms in total. The smallest absolute Gasteiger partial charge is 0.407 e. The zero-order chi connectivity index (χ0) is 9.42. The number of rotatable bonds is 0. The van der Waals surface area contributed by atoms with Gasteiger partial charge in [0, 0.05) is 25.4 Å². The van der Waals surface area contributed by atoms with E-state index in [4.69, 9.17) is 5.11 Å². The fraction of sp³-hybridized carbons (Fsp3) is 0.778. The van der Waals surface area contributed by atoms with Gasteiger partial charge in [0.1, 0.15) is 5.78 Å². The van der Waals surface area contributed by atoms with E-state index in [0.29, 0.717) is 25.3 Å². The summed E-state index contributed by atoms with van der Waals surface area (Å²) in [6.07, 6.45) is 2.08. The maximum atomic E-state index is 11.2. The van der Waals surface area contributed by atoms with Crippen LogP contribution in [0.25, 0.3) is 0 Å². The van der Waals surface area contributed by atoms with Crippen LogP contribution in [0.15, 0.2) is 0 Å². The summed E-state index contributed by atoms with van der Waals surface area (Å²) in [6.45, 7) is 0.601. The van der Waals surface area contributed by atoms with Crippen LogP contribution < -0.4 is 0 Å². The number of Topliss-reactive ketones (excluding diaryl/α,β-unsaturated/α-hetero) is 1. The van der Waals surface area contributed by atoms with Gasteiger partial charge in [-0.25, -0.2) is 4.79 Å². The predicted octanol–water partition coefficient (Wildman–Crippen LogP) is 1.11. The van der Waals surface area contributed by atoms with Crippen molar-refractivity contribution in [2.24, 2.45) is 5.92 Å². The largest absolute Gasteiger partial charge is 0.465 e. The van der Waals surface area contributed by atoms with Crippen LogP contribution in [0, 0.1) is 5.92 Å². The Morgan fingerprint density at radius 2 is 2.23 bits per heavy atom. The minimum Gasteiger partial charge on any atom is -0.465 e. The summed E-state index contributed by atoms with van der Waals surface area (Å²) >= 11 is 0. The van der Waals surface area contributed by atoms with Crippen LogP contribution in [0.5, 0.6) is 0 Å². The Kier molecular flexibility index (Phi) is 1.98. The molecule has 4 heteroatoms. The highest BCUT2D eigenvalue weighted by Gasteiger charge is 2.41. The van der Waals surface area contributed by atoms with Crippen molar-refractivity contribution in [1.29, 1.82) is 0 Å². The molecule has 0 aromatic carbocycles. The molecule has 2 atom stereocenters. The van der Waals surface area contributed by atoms with Gasteiger partial charge in [-0.15, -0.1) is 0 Å². The van der Waals surface area contributed by atoms with E-state index >= 15 is 0 Å². The van der Waals surface area contributed by atoms with E-state index in [1.165, 1.54) is 4.90 Å². The zero-order valence-electron chi connectivity index (χ0n) is 7.40. The fourth-order valence-corrected chi connectivity index (χ4v) is 2.50. The Balaban J connectivity index is 2.14. The molecule has 1 N–H and O–H groups in total. The Labute approximate surface area is 76.5 Å². The molecule has 0 spiro atoms. The molecule has 1 heterocycles. The maximum absolute atomic E-state index is 11.2. The number of carbonyl (C=O) groups excluding carboxylic acids is 1. The first-order valence-electron chi connectivity index (χ1n) is 4.70. The molecule has 2 unspecified atom stereocenters. The maximum Gasteiger partial charge on any atom is 0.407 e. The van der Waals surface area contributed by atoms with Gasteiger partial charge in [-0.1, -0.05) is 0 Å². The first-order valence-corrected chi connectivity index (χ1v) is 4.70. The van der Waals surface area contributed by atoms with Crippen molar-refractivity contribution in [3.05, 3.63) is 0 Å². The van der Waals surface area contributed by atoms with Crippen LogP contribution in [0.1, 0.15) is 25.7 Å². The number of hydrogen-bond acceptors (Lipinski definition) is 2. The van der Waals surface area contributed by atoms with Crippen molar-refractivity contribution < 1.29 is 14.7 Å². The summed E-state index contributed by atoms with van der Waals surface area (Å²) in [5, 5.41) is 8.89. The Morgan fingerprint density at radius 1 is 1.46 bits per heavy atom. The third kappa shape index (κ3) is 1.41. The normalized spacial score (nSPS) is 33.2. The van der Waals surface area contributed by atoms with Crippen LogP contribution in [0.3, 0.4) is 0 Å². The van der Waals surface area contributed by atoms with E-state index in [-0.39, 0.29) is 11.8 Å². The summed E-state index contributed by atoms with van der Waals surface area (Å²) in [5.41, 5.74) is 0. The minimum absolute atomic E-state index is 0.0150. The van der Waals surface area contributed by atoms with Gasteiger partial charge in [-0.05, 0) is 18.8 Å². The van der Waals surface area contributed by atoms with Crippen molar-refractivity contribution >= 4 is 11.9 Å². The molecule has 2 rings (SSSR count). The van der Waals surface area contributed by atoms with Gasteiger partial charge in [0.05, 0.1) is 0 Å². The highest BCUT2D eigenvalue weighted by Crippen LogP contribution is 2.34. The third-order valence-electron chi connectivity index (χ3n) is 3.09. The van der Waals surface area contributed by atoms with Crippen LogP contribution in [-0.2, 0) is 4.79 Å². The van der Waals surface area contributed by atoms with Gasteiger partial charge in [-0.2, -0.15) is 0 Å². The van der Waals surface area contributed by atoms with Crippen LogP contribution in [0.4, 0.5) is 4.79 Å². The molecular weight excluding hydrogens is 170 g/mol. The average molecular weight is 183 g/mol. The topological polar surface area (TPSA) is 57.6 Å². The highest BCUT2D eigenvalue weighted by molar-refractivity contribution is 5.83. The number of carbonyl (C=O) groups is 2. The molecule has 2 fully saturated rings. The lowest BCUT2D eigenvalue weighted by Gasteiger charge is -2.34. The highest BCUT2D eigenvalue weighted by atomic mass is 16.4. The standard InChI is InChI=1S/C9H13NO3/c11-7-4-6-2-1-3-10(9(12)13)8(6)5-7/h6,8H,1-5H2,(H,12,13). The molecule has 2 aliphatic rings.